The molecule has 100 valence electrons. The summed E-state index contributed by atoms with van der Waals surface area (Å²) in [6.45, 7) is 3.55. The molecule has 1 aromatic carbocycles. The van der Waals surface area contributed by atoms with Gasteiger partial charge >= 0.3 is 0 Å². The van der Waals surface area contributed by atoms with Crippen molar-refractivity contribution in [3.63, 3.8) is 0 Å². The second-order valence-corrected chi connectivity index (χ2v) is 6.27. The summed E-state index contributed by atoms with van der Waals surface area (Å²) in [5.41, 5.74) is 1.47. The van der Waals surface area contributed by atoms with E-state index in [2.05, 4.69) is 64.5 Å². The average molecular weight is 311 g/mol. The highest BCUT2D eigenvalue weighted by molar-refractivity contribution is 9.10. The van der Waals surface area contributed by atoms with E-state index in [0.29, 0.717) is 5.92 Å². The molecule has 0 spiro atoms. The van der Waals surface area contributed by atoms with Crippen LogP contribution in [0.2, 0.25) is 0 Å². The van der Waals surface area contributed by atoms with Crippen LogP contribution in [0.25, 0.3) is 0 Å². The number of likely N-dealkylation sites (N-methyl/N-ethyl adjacent to an activating group) is 1. The summed E-state index contributed by atoms with van der Waals surface area (Å²) in [6.07, 6.45) is 2.64. The molecule has 1 atom stereocenters. The van der Waals surface area contributed by atoms with Gasteiger partial charge in [0.1, 0.15) is 0 Å². The summed E-state index contributed by atoms with van der Waals surface area (Å²) in [5.74, 6) is 1.46. The molecule has 1 aromatic rings. The fourth-order valence-corrected chi connectivity index (χ4v) is 3.18. The number of halogens is 1. The minimum Gasteiger partial charge on any atom is -0.319 e. The molecular weight excluding hydrogens is 288 g/mol. The predicted molar refractivity (Wildman–Crippen MR) is 81.0 cm³/mol. The minimum atomic E-state index is 0.650. The summed E-state index contributed by atoms with van der Waals surface area (Å²) >= 11 is 3.52. The van der Waals surface area contributed by atoms with Gasteiger partial charge in [0.05, 0.1) is 0 Å². The third-order valence-electron chi connectivity index (χ3n) is 4.05. The average Bonchev–Trinajstić information content (AvgIpc) is 2.39. The number of hydrogen-bond donors (Lipinski definition) is 1. The Morgan fingerprint density at radius 1 is 1.28 bits per heavy atom. The fraction of sp³-hybridized carbons (Fsp3) is 0.600. The molecule has 2 nitrogen and oxygen atoms in total. The van der Waals surface area contributed by atoms with Gasteiger partial charge in [-0.1, -0.05) is 28.1 Å². The molecule has 18 heavy (non-hydrogen) atoms. The van der Waals surface area contributed by atoms with Gasteiger partial charge in [-0.3, -0.25) is 0 Å². The monoisotopic (exact) mass is 310 g/mol. The molecule has 1 heterocycles. The maximum Gasteiger partial charge on any atom is 0.0175 e. The summed E-state index contributed by atoms with van der Waals surface area (Å²) < 4.78 is 1.16. The van der Waals surface area contributed by atoms with Crippen LogP contribution in [0.4, 0.5) is 0 Å². The van der Waals surface area contributed by atoms with Crippen molar-refractivity contribution in [2.45, 2.75) is 18.8 Å². The molecule has 0 saturated carbocycles. The fourth-order valence-electron chi connectivity index (χ4n) is 2.92. The maximum atomic E-state index is 3.52. The van der Waals surface area contributed by atoms with Crippen molar-refractivity contribution < 1.29 is 0 Å². The van der Waals surface area contributed by atoms with Crippen LogP contribution in [-0.4, -0.2) is 38.6 Å². The third kappa shape index (κ3) is 3.56. The lowest BCUT2D eigenvalue weighted by Crippen LogP contribution is -2.35. The molecule has 1 saturated heterocycles. The van der Waals surface area contributed by atoms with Crippen LogP contribution in [0.15, 0.2) is 28.7 Å². The summed E-state index contributed by atoms with van der Waals surface area (Å²) in [7, 11) is 4.28. The van der Waals surface area contributed by atoms with Gasteiger partial charge in [0.2, 0.25) is 0 Å². The van der Waals surface area contributed by atoms with Gasteiger partial charge in [-0.25, -0.2) is 0 Å². The van der Waals surface area contributed by atoms with Crippen molar-refractivity contribution in [1.29, 1.82) is 0 Å². The van der Waals surface area contributed by atoms with E-state index in [1.807, 2.05) is 0 Å². The Labute approximate surface area is 119 Å². The molecule has 0 amide bonds. The number of hydrogen-bond acceptors (Lipinski definition) is 2. The normalized spacial score (nSPS) is 19.9. The Hall–Kier alpha value is -0.380. The second kappa shape index (κ2) is 6.69. The maximum absolute atomic E-state index is 3.52. The van der Waals surface area contributed by atoms with Crippen LogP contribution >= 0.6 is 15.9 Å². The molecule has 1 N–H and O–H groups in total. The molecule has 1 fully saturated rings. The lowest BCUT2D eigenvalue weighted by Gasteiger charge is -2.34. The molecule has 1 unspecified atom stereocenters. The Morgan fingerprint density at radius 3 is 2.44 bits per heavy atom. The van der Waals surface area contributed by atoms with Crippen molar-refractivity contribution in [1.82, 2.24) is 10.2 Å². The number of nitrogens with zero attached hydrogens (tertiary/aromatic N) is 1. The summed E-state index contributed by atoms with van der Waals surface area (Å²) in [5, 5.41) is 3.36. The highest BCUT2D eigenvalue weighted by atomic mass is 79.9. The number of rotatable bonds is 4. The quantitative estimate of drug-likeness (QED) is 0.919. The molecule has 2 rings (SSSR count). The zero-order chi connectivity index (χ0) is 13.0. The van der Waals surface area contributed by atoms with Gasteiger partial charge in [-0.05, 0) is 69.6 Å². The smallest absolute Gasteiger partial charge is 0.0175 e. The van der Waals surface area contributed by atoms with Gasteiger partial charge in [0, 0.05) is 11.0 Å². The molecule has 0 aromatic heterocycles. The topological polar surface area (TPSA) is 15.3 Å². The SMILES string of the molecule is CNCC(c1ccc(Br)cc1)C1CCN(C)CC1. The second-order valence-electron chi connectivity index (χ2n) is 5.36. The van der Waals surface area contributed by atoms with E-state index in [0.717, 1.165) is 16.9 Å². The first kappa shape index (κ1) is 14.0. The molecule has 0 bridgehead atoms. The number of piperidine rings is 1. The summed E-state index contributed by atoms with van der Waals surface area (Å²) in [4.78, 5) is 2.44. The van der Waals surface area contributed by atoms with E-state index in [4.69, 9.17) is 0 Å². The van der Waals surface area contributed by atoms with E-state index in [1.165, 1.54) is 31.5 Å². The highest BCUT2D eigenvalue weighted by Gasteiger charge is 2.25. The van der Waals surface area contributed by atoms with Crippen LogP contribution < -0.4 is 5.32 Å². The first-order chi connectivity index (χ1) is 8.70. The van der Waals surface area contributed by atoms with E-state index in [9.17, 15) is 0 Å². The lowest BCUT2D eigenvalue weighted by atomic mass is 9.80. The zero-order valence-electron chi connectivity index (χ0n) is 11.3. The van der Waals surface area contributed by atoms with E-state index < -0.39 is 0 Å². The highest BCUT2D eigenvalue weighted by Crippen LogP contribution is 2.32. The first-order valence-electron chi connectivity index (χ1n) is 6.79. The molecular formula is C15H23BrN2. The van der Waals surface area contributed by atoms with Gasteiger partial charge in [-0.2, -0.15) is 0 Å². The largest absolute Gasteiger partial charge is 0.319 e. The molecule has 1 aliphatic heterocycles. The van der Waals surface area contributed by atoms with Crippen molar-refractivity contribution in [2.75, 3.05) is 33.7 Å². The predicted octanol–water partition coefficient (Wildman–Crippen LogP) is 3.09. The Morgan fingerprint density at radius 2 is 1.89 bits per heavy atom. The number of benzene rings is 1. The molecule has 3 heteroatoms. The van der Waals surface area contributed by atoms with Gasteiger partial charge in [0.25, 0.3) is 0 Å². The molecule has 0 aliphatic carbocycles. The van der Waals surface area contributed by atoms with Crippen molar-refractivity contribution in [3.8, 4) is 0 Å². The van der Waals surface area contributed by atoms with E-state index in [1.54, 1.807) is 0 Å². The van der Waals surface area contributed by atoms with Gasteiger partial charge < -0.3 is 10.2 Å². The van der Waals surface area contributed by atoms with Gasteiger partial charge in [0.15, 0.2) is 0 Å². The Kier molecular flexibility index (Phi) is 5.22. The number of likely N-dealkylation sites (tertiary alicyclic amines) is 1. The minimum absolute atomic E-state index is 0.650. The Balaban J connectivity index is 2.09. The van der Waals surface area contributed by atoms with Gasteiger partial charge in [-0.15, -0.1) is 0 Å². The lowest BCUT2D eigenvalue weighted by molar-refractivity contribution is 0.197. The van der Waals surface area contributed by atoms with Crippen molar-refractivity contribution in [3.05, 3.63) is 34.3 Å². The first-order valence-corrected chi connectivity index (χ1v) is 7.58. The van der Waals surface area contributed by atoms with Crippen molar-refractivity contribution in [2.24, 2.45) is 5.92 Å². The van der Waals surface area contributed by atoms with Crippen LogP contribution in [0, 0.1) is 5.92 Å². The van der Waals surface area contributed by atoms with Crippen LogP contribution in [0.5, 0.6) is 0 Å². The van der Waals surface area contributed by atoms with Crippen LogP contribution in [0.3, 0.4) is 0 Å². The molecule has 0 radical (unpaired) electrons. The zero-order valence-corrected chi connectivity index (χ0v) is 12.9. The van der Waals surface area contributed by atoms with E-state index >= 15 is 0 Å². The standard InChI is InChI=1S/C15H23BrN2/c1-17-11-15(12-3-5-14(16)6-4-12)13-7-9-18(2)10-8-13/h3-6,13,15,17H,7-11H2,1-2H3. The third-order valence-corrected chi connectivity index (χ3v) is 4.58. The van der Waals surface area contributed by atoms with E-state index in [-0.39, 0.29) is 0 Å². The van der Waals surface area contributed by atoms with Crippen LogP contribution in [-0.2, 0) is 0 Å². The Bertz CT molecular complexity index is 355. The molecule has 1 aliphatic rings. The summed E-state index contributed by atoms with van der Waals surface area (Å²) in [6, 6.07) is 8.86. The number of nitrogens with one attached hydrogen (secondary N) is 1. The van der Waals surface area contributed by atoms with Crippen LogP contribution in [0.1, 0.15) is 24.3 Å². The van der Waals surface area contributed by atoms with Crippen molar-refractivity contribution >= 4 is 15.9 Å².